The molecule has 0 saturated heterocycles. The molecule has 0 spiro atoms. The first kappa shape index (κ1) is 12.0. The van der Waals surface area contributed by atoms with Crippen LogP contribution < -0.4 is 9.13 Å². The average molecular weight is 320 g/mol. The van der Waals surface area contributed by atoms with Crippen LogP contribution in [0.3, 0.4) is 0 Å². The Bertz CT molecular complexity index is 821. The molecule has 0 amide bonds. The van der Waals surface area contributed by atoms with Gasteiger partial charge >= 0.3 is 112 Å². The summed E-state index contributed by atoms with van der Waals surface area (Å²) in [5.41, 5.74) is 0.988. The molecule has 0 aromatic heterocycles. The second-order valence-electron chi connectivity index (χ2n) is 4.16. The number of hydrogen-bond acceptors (Lipinski definition) is 2. The van der Waals surface area contributed by atoms with Gasteiger partial charge in [0.15, 0.2) is 0 Å². The molecular formula is C14H11NO3Se. The molecule has 2 aromatic rings. The van der Waals surface area contributed by atoms with E-state index in [1.54, 1.807) is 16.0 Å². The second-order valence-corrected chi connectivity index (χ2v) is 7.22. The number of carbonyl (C=O) groups is 1. The molecule has 2 aromatic carbocycles. The predicted octanol–water partition coefficient (Wildman–Crippen LogP) is 1.13. The second kappa shape index (κ2) is 4.53. The zero-order valence-electron chi connectivity index (χ0n) is 9.85. The Morgan fingerprint density at radius 3 is 2.37 bits per heavy atom. The quantitative estimate of drug-likeness (QED) is 0.843. The Morgan fingerprint density at radius 1 is 1.05 bits per heavy atom. The van der Waals surface area contributed by atoms with Crippen LogP contribution in [0.2, 0.25) is 0 Å². The van der Waals surface area contributed by atoms with Crippen molar-refractivity contribution in [1.82, 2.24) is 0 Å². The van der Waals surface area contributed by atoms with E-state index >= 15 is 0 Å². The summed E-state index contributed by atoms with van der Waals surface area (Å²) < 4.78 is 15.1. The number of carboxylic acid groups (broad SMARTS) is 1. The predicted molar refractivity (Wildman–Crippen MR) is 73.1 cm³/mol. The van der Waals surface area contributed by atoms with Gasteiger partial charge in [-0.2, -0.15) is 0 Å². The van der Waals surface area contributed by atoms with Crippen molar-refractivity contribution in [3.8, 4) is 0 Å². The van der Waals surface area contributed by atoms with Crippen LogP contribution in [-0.2, 0) is 3.83 Å². The third kappa shape index (κ3) is 2.03. The van der Waals surface area contributed by atoms with Crippen molar-refractivity contribution in [3.63, 3.8) is 0 Å². The van der Waals surface area contributed by atoms with Gasteiger partial charge in [0.25, 0.3) is 0 Å². The summed E-state index contributed by atoms with van der Waals surface area (Å²) in [5, 5.41) is 9.83. The van der Waals surface area contributed by atoms with Crippen molar-refractivity contribution in [2.24, 2.45) is 0 Å². The fraction of sp³-hybridized carbons (Fsp3) is 0. The molecule has 1 unspecified atom stereocenters. The summed E-state index contributed by atoms with van der Waals surface area (Å²) in [6.45, 7) is 0. The van der Waals surface area contributed by atoms with Crippen LogP contribution in [0.25, 0.3) is 6.20 Å². The number of nitrogens with zero attached hydrogens (tertiary/aromatic N) is 1. The van der Waals surface area contributed by atoms with E-state index in [2.05, 4.69) is 0 Å². The molecule has 5 heteroatoms. The summed E-state index contributed by atoms with van der Waals surface area (Å²) in [7, 11) is 0. The normalized spacial score (nSPS) is 16.8. The Hall–Kier alpha value is -2.10. The minimum atomic E-state index is -2.52. The molecular weight excluding hydrogens is 309 g/mol. The number of carboxylic acids is 1. The maximum atomic E-state index is 12.4. The van der Waals surface area contributed by atoms with E-state index < -0.39 is 19.6 Å². The number of hydrogen-bond donors (Lipinski definition) is 1. The van der Waals surface area contributed by atoms with E-state index in [0.29, 0.717) is 0 Å². The van der Waals surface area contributed by atoms with E-state index in [1.165, 1.54) is 12.1 Å². The van der Waals surface area contributed by atoms with Gasteiger partial charge in [0, 0.05) is 0 Å². The van der Waals surface area contributed by atoms with Gasteiger partial charge < -0.3 is 0 Å². The number of fused-ring (bicyclic) bond motifs is 1. The first-order valence-corrected chi connectivity index (χ1v) is 8.25. The number of benzene rings is 2. The van der Waals surface area contributed by atoms with Crippen molar-refractivity contribution in [2.75, 3.05) is 3.92 Å². The third-order valence-electron chi connectivity index (χ3n) is 2.98. The molecule has 1 N–H and O–H groups in total. The topological polar surface area (TPSA) is 57.6 Å². The molecule has 19 heavy (non-hydrogen) atoms. The summed E-state index contributed by atoms with van der Waals surface area (Å²) in [5.74, 6) is -0.961. The van der Waals surface area contributed by atoms with Gasteiger partial charge in [-0.15, -0.1) is 0 Å². The van der Waals surface area contributed by atoms with Gasteiger partial charge in [0.2, 0.25) is 0 Å². The Labute approximate surface area is 113 Å². The van der Waals surface area contributed by atoms with Crippen LogP contribution in [0.4, 0.5) is 5.69 Å². The van der Waals surface area contributed by atoms with Crippen LogP contribution in [0, 0.1) is 4.06 Å². The Balaban J connectivity index is 2.08. The maximum absolute atomic E-state index is 12.4. The van der Waals surface area contributed by atoms with Crippen LogP contribution in [0.5, 0.6) is 0 Å². The standard InChI is InChI=1S/C14H11NO3Se/c16-14(17)10-5-7-12(8-6-10)15-9-11-3-1-2-4-13(11)19(15)18/h1-9,19H,(H,16,17). The fourth-order valence-electron chi connectivity index (χ4n) is 2.01. The molecule has 3 rings (SSSR count). The molecule has 0 saturated carbocycles. The zero-order valence-corrected chi connectivity index (χ0v) is 11.7. The van der Waals surface area contributed by atoms with Gasteiger partial charge in [-0.1, -0.05) is 0 Å². The summed E-state index contributed by atoms with van der Waals surface area (Å²) in [6.07, 6.45) is 1.86. The molecule has 0 aliphatic carbocycles. The average Bonchev–Trinajstić information content (AvgIpc) is 2.77. The molecule has 1 atom stereocenters. The van der Waals surface area contributed by atoms with Crippen molar-refractivity contribution in [1.29, 1.82) is 0 Å². The molecule has 4 nitrogen and oxygen atoms in total. The summed E-state index contributed by atoms with van der Waals surface area (Å²) in [4.78, 5) is 10.8. The molecule has 0 radical (unpaired) electrons. The minimum absolute atomic E-state index is 0.227. The van der Waals surface area contributed by atoms with Gasteiger partial charge in [-0.05, 0) is 0 Å². The van der Waals surface area contributed by atoms with Crippen LogP contribution in [-0.4, -0.2) is 24.7 Å². The number of rotatable bonds is 2. The van der Waals surface area contributed by atoms with Crippen LogP contribution >= 0.6 is 0 Å². The van der Waals surface area contributed by atoms with E-state index in [-0.39, 0.29) is 5.56 Å². The number of aromatic carboxylic acids is 1. The number of anilines is 1. The molecule has 1 aliphatic heterocycles. The van der Waals surface area contributed by atoms with E-state index in [0.717, 1.165) is 15.0 Å². The summed E-state index contributed by atoms with van der Waals surface area (Å²) >= 11 is -2.52. The van der Waals surface area contributed by atoms with Gasteiger partial charge in [0.05, 0.1) is 0 Å². The van der Waals surface area contributed by atoms with E-state index in [1.807, 2.05) is 30.5 Å². The van der Waals surface area contributed by atoms with Crippen molar-refractivity contribution in [3.05, 3.63) is 63.4 Å². The van der Waals surface area contributed by atoms with Crippen LogP contribution in [0.1, 0.15) is 10.4 Å². The monoisotopic (exact) mass is 321 g/mol. The van der Waals surface area contributed by atoms with E-state index in [9.17, 15) is 8.63 Å². The zero-order chi connectivity index (χ0) is 13.4. The third-order valence-corrected chi connectivity index (χ3v) is 6.25. The van der Waals surface area contributed by atoms with Crippen molar-refractivity contribution < 1.29 is 13.7 Å². The van der Waals surface area contributed by atoms with Crippen molar-refractivity contribution >= 4 is 31.5 Å². The van der Waals surface area contributed by atoms with E-state index in [4.69, 9.17) is 5.11 Å². The summed E-state index contributed by atoms with van der Waals surface area (Å²) in [6, 6.07) is 14.0. The van der Waals surface area contributed by atoms with Gasteiger partial charge in [0.1, 0.15) is 0 Å². The van der Waals surface area contributed by atoms with Crippen molar-refractivity contribution in [2.45, 2.75) is 0 Å². The Morgan fingerprint density at radius 2 is 1.74 bits per heavy atom. The first-order valence-electron chi connectivity index (χ1n) is 5.70. The van der Waals surface area contributed by atoms with Gasteiger partial charge in [-0.3, -0.25) is 0 Å². The molecule has 1 heterocycles. The molecule has 96 valence electrons. The Kier molecular flexibility index (Phi) is 2.85. The SMILES string of the molecule is O=C(O)c1ccc(N2C=c3ccccc3=[SeH]2=O)cc1. The molecule has 0 fully saturated rings. The fourth-order valence-corrected chi connectivity index (χ4v) is 4.88. The first-order chi connectivity index (χ1) is 9.16. The van der Waals surface area contributed by atoms with Crippen LogP contribution in [0.15, 0.2) is 48.5 Å². The van der Waals surface area contributed by atoms with Gasteiger partial charge in [-0.25, -0.2) is 0 Å². The molecule has 1 aliphatic rings. The molecule has 0 bridgehead atoms.